The fourth-order valence-corrected chi connectivity index (χ4v) is 3.83. The minimum absolute atomic E-state index is 0.0646. The Morgan fingerprint density at radius 1 is 0.967 bits per heavy atom. The molecule has 3 aromatic carbocycles. The largest absolute Gasteiger partial charge is 0.379 e. The highest BCUT2D eigenvalue weighted by molar-refractivity contribution is 7.87. The van der Waals surface area contributed by atoms with Crippen LogP contribution in [0.5, 0.6) is 5.75 Å². The molecule has 0 unspecified atom stereocenters. The Bertz CT molecular complexity index is 1110. The molecule has 3 aromatic rings. The second kappa shape index (κ2) is 9.09. The van der Waals surface area contributed by atoms with Gasteiger partial charge in [0.25, 0.3) is 5.91 Å². The molecule has 0 bridgehead atoms. The minimum atomic E-state index is -4.10. The van der Waals surface area contributed by atoms with Crippen LogP contribution in [0.3, 0.4) is 0 Å². The van der Waals surface area contributed by atoms with Crippen LogP contribution < -0.4 is 4.18 Å². The third kappa shape index (κ3) is 5.24. The number of halogens is 1. The van der Waals surface area contributed by atoms with Crippen LogP contribution in [-0.2, 0) is 16.7 Å². The second-order valence-electron chi connectivity index (χ2n) is 7.03. The van der Waals surface area contributed by atoms with Gasteiger partial charge in [-0.25, -0.2) is 4.39 Å². The van der Waals surface area contributed by atoms with Gasteiger partial charge in [-0.3, -0.25) is 4.79 Å². The van der Waals surface area contributed by atoms with Crippen molar-refractivity contribution in [2.75, 3.05) is 0 Å². The molecule has 7 heteroatoms. The summed E-state index contributed by atoms with van der Waals surface area (Å²) in [5, 5.41) is 0. The average molecular weight is 427 g/mol. The van der Waals surface area contributed by atoms with E-state index < -0.39 is 15.9 Å². The molecule has 0 saturated heterocycles. The lowest BCUT2D eigenvalue weighted by Gasteiger charge is -2.27. The Morgan fingerprint density at radius 2 is 1.63 bits per heavy atom. The summed E-state index contributed by atoms with van der Waals surface area (Å²) in [6, 6.07) is 19.9. The molecule has 0 N–H and O–H groups in total. The molecule has 0 radical (unpaired) electrons. The monoisotopic (exact) mass is 427 g/mol. The van der Waals surface area contributed by atoms with E-state index in [2.05, 4.69) is 0 Å². The van der Waals surface area contributed by atoms with E-state index in [1.807, 2.05) is 19.9 Å². The first-order valence-electron chi connectivity index (χ1n) is 9.41. The van der Waals surface area contributed by atoms with Crippen LogP contribution in [-0.4, -0.2) is 25.3 Å². The first-order chi connectivity index (χ1) is 14.3. The molecule has 1 amide bonds. The number of amides is 1. The van der Waals surface area contributed by atoms with E-state index in [9.17, 15) is 17.6 Å². The Labute approximate surface area is 175 Å². The van der Waals surface area contributed by atoms with E-state index in [1.54, 1.807) is 47.4 Å². The third-order valence-corrected chi connectivity index (χ3v) is 5.73. The minimum Gasteiger partial charge on any atom is -0.379 e. The predicted molar refractivity (Wildman–Crippen MR) is 112 cm³/mol. The molecule has 0 aliphatic carbocycles. The van der Waals surface area contributed by atoms with E-state index in [-0.39, 0.29) is 22.6 Å². The van der Waals surface area contributed by atoms with Gasteiger partial charge in [-0.1, -0.05) is 30.3 Å². The molecule has 0 heterocycles. The molecule has 0 aromatic heterocycles. The van der Waals surface area contributed by atoms with Gasteiger partial charge in [0.1, 0.15) is 16.5 Å². The molecule has 0 fully saturated rings. The normalized spacial score (nSPS) is 11.3. The van der Waals surface area contributed by atoms with E-state index >= 15 is 0 Å². The fourth-order valence-electron chi connectivity index (χ4n) is 2.90. The van der Waals surface area contributed by atoms with Crippen LogP contribution in [0.1, 0.15) is 29.8 Å². The maximum absolute atomic E-state index is 13.1. The Kier molecular flexibility index (Phi) is 6.52. The molecule has 0 aliphatic rings. The van der Waals surface area contributed by atoms with Gasteiger partial charge in [0.05, 0.1) is 0 Å². The first-order valence-corrected chi connectivity index (χ1v) is 10.8. The van der Waals surface area contributed by atoms with Crippen molar-refractivity contribution in [1.29, 1.82) is 0 Å². The quantitative estimate of drug-likeness (QED) is 0.515. The zero-order valence-electron chi connectivity index (χ0n) is 16.7. The number of carbonyl (C=O) groups excluding carboxylic acids is 1. The number of hydrogen-bond donors (Lipinski definition) is 0. The first kappa shape index (κ1) is 21.5. The Balaban J connectivity index is 1.80. The topological polar surface area (TPSA) is 63.7 Å². The lowest BCUT2D eigenvalue weighted by molar-refractivity contribution is 0.0690. The van der Waals surface area contributed by atoms with E-state index in [0.717, 1.165) is 29.8 Å². The van der Waals surface area contributed by atoms with Gasteiger partial charge >= 0.3 is 10.1 Å². The maximum atomic E-state index is 13.1. The van der Waals surface area contributed by atoms with Crippen LogP contribution in [0.4, 0.5) is 4.39 Å². The van der Waals surface area contributed by atoms with Crippen LogP contribution in [0.2, 0.25) is 0 Å². The van der Waals surface area contributed by atoms with Crippen molar-refractivity contribution < 1.29 is 21.8 Å². The molecule has 0 saturated carbocycles. The summed E-state index contributed by atoms with van der Waals surface area (Å²) in [6.07, 6.45) is 0. The molecule has 30 heavy (non-hydrogen) atoms. The van der Waals surface area contributed by atoms with Crippen LogP contribution in [0, 0.1) is 5.82 Å². The number of hydrogen-bond acceptors (Lipinski definition) is 4. The summed E-state index contributed by atoms with van der Waals surface area (Å²) in [6.45, 7) is 4.12. The molecule has 0 spiro atoms. The summed E-state index contributed by atoms with van der Waals surface area (Å²) in [7, 11) is -4.10. The Morgan fingerprint density at radius 3 is 2.27 bits per heavy atom. The van der Waals surface area contributed by atoms with Crippen molar-refractivity contribution >= 4 is 16.0 Å². The molecule has 0 aliphatic heterocycles. The van der Waals surface area contributed by atoms with Gasteiger partial charge in [0, 0.05) is 18.2 Å². The second-order valence-corrected chi connectivity index (χ2v) is 8.58. The fraction of sp³-hybridized carbons (Fsp3) is 0.174. The lowest BCUT2D eigenvalue weighted by atomic mass is 10.1. The van der Waals surface area contributed by atoms with Crippen molar-refractivity contribution in [2.45, 2.75) is 31.3 Å². The van der Waals surface area contributed by atoms with E-state index in [4.69, 9.17) is 4.18 Å². The molecular weight excluding hydrogens is 405 g/mol. The van der Waals surface area contributed by atoms with Crippen LogP contribution in [0.25, 0.3) is 0 Å². The average Bonchev–Trinajstić information content (AvgIpc) is 2.72. The van der Waals surface area contributed by atoms with Crippen molar-refractivity contribution in [3.05, 3.63) is 95.8 Å². The molecular formula is C23H22FNO4S. The van der Waals surface area contributed by atoms with Crippen LogP contribution >= 0.6 is 0 Å². The van der Waals surface area contributed by atoms with E-state index in [1.165, 1.54) is 6.07 Å². The summed E-state index contributed by atoms with van der Waals surface area (Å²) < 4.78 is 43.1. The van der Waals surface area contributed by atoms with E-state index in [0.29, 0.717) is 12.1 Å². The Hall–Kier alpha value is -3.19. The number of nitrogens with zero attached hydrogens (tertiary/aromatic N) is 1. The highest BCUT2D eigenvalue weighted by Gasteiger charge is 2.20. The van der Waals surface area contributed by atoms with Crippen molar-refractivity contribution in [2.24, 2.45) is 0 Å². The standard InChI is InChI=1S/C23H22FNO4S/c1-17(2)25(23(26)19-8-4-3-5-9-19)16-18-7-6-10-21(15-18)29-30(27,28)22-13-11-20(24)12-14-22/h3-15,17H,16H2,1-2H3. The third-order valence-electron chi connectivity index (χ3n) is 4.46. The van der Waals surface area contributed by atoms with Crippen LogP contribution in [0.15, 0.2) is 83.8 Å². The van der Waals surface area contributed by atoms with Crippen molar-refractivity contribution in [3.8, 4) is 5.75 Å². The smallest absolute Gasteiger partial charge is 0.339 e. The SMILES string of the molecule is CC(C)N(Cc1cccc(OS(=O)(=O)c2ccc(F)cc2)c1)C(=O)c1ccccc1. The lowest BCUT2D eigenvalue weighted by Crippen LogP contribution is -2.36. The number of rotatable bonds is 7. The van der Waals surface area contributed by atoms with Gasteiger partial charge in [-0.05, 0) is 67.9 Å². The highest BCUT2D eigenvalue weighted by atomic mass is 32.2. The van der Waals surface area contributed by atoms with Gasteiger partial charge in [-0.15, -0.1) is 0 Å². The van der Waals surface area contributed by atoms with Crippen molar-refractivity contribution in [3.63, 3.8) is 0 Å². The summed E-state index contributed by atoms with van der Waals surface area (Å²) in [5.41, 5.74) is 1.30. The van der Waals surface area contributed by atoms with Gasteiger partial charge in [-0.2, -0.15) is 8.42 Å². The molecule has 5 nitrogen and oxygen atoms in total. The van der Waals surface area contributed by atoms with Gasteiger partial charge in [0.2, 0.25) is 0 Å². The zero-order chi connectivity index (χ0) is 21.7. The van der Waals surface area contributed by atoms with Crippen molar-refractivity contribution in [1.82, 2.24) is 4.90 Å². The molecule has 0 atom stereocenters. The summed E-state index contributed by atoms with van der Waals surface area (Å²) in [5.74, 6) is -0.531. The molecule has 156 valence electrons. The van der Waals surface area contributed by atoms with Gasteiger partial charge in [0.15, 0.2) is 0 Å². The highest BCUT2D eigenvalue weighted by Crippen LogP contribution is 2.22. The van der Waals surface area contributed by atoms with Gasteiger partial charge < -0.3 is 9.08 Å². The maximum Gasteiger partial charge on any atom is 0.339 e. The predicted octanol–water partition coefficient (Wildman–Crippen LogP) is 4.64. The zero-order valence-corrected chi connectivity index (χ0v) is 17.5. The summed E-state index contributed by atoms with van der Waals surface area (Å²) in [4.78, 5) is 14.4. The molecule has 3 rings (SSSR count). The number of carbonyl (C=O) groups is 1. The number of benzene rings is 3. The summed E-state index contributed by atoms with van der Waals surface area (Å²) >= 11 is 0.